The number of H-pyrrole nitrogens is 1. The SMILES string of the molecule is CC(CC(=O)N[C@H]1CCNC1=O)c1c(-c2ccc(F)cc2)[nH]c2c(F)cc(F)cc12. The molecule has 3 N–H and O–H groups in total. The zero-order chi connectivity index (χ0) is 21.4. The van der Waals surface area contributed by atoms with Crippen molar-refractivity contribution in [2.24, 2.45) is 0 Å². The van der Waals surface area contributed by atoms with Crippen molar-refractivity contribution < 1.29 is 22.8 Å². The molecule has 0 bridgehead atoms. The van der Waals surface area contributed by atoms with Crippen molar-refractivity contribution in [2.45, 2.75) is 31.7 Å². The van der Waals surface area contributed by atoms with E-state index in [1.807, 2.05) is 0 Å². The molecule has 8 heteroatoms. The zero-order valence-corrected chi connectivity index (χ0v) is 16.2. The molecule has 156 valence electrons. The van der Waals surface area contributed by atoms with E-state index in [1.165, 1.54) is 30.3 Å². The monoisotopic (exact) mass is 415 g/mol. The maximum Gasteiger partial charge on any atom is 0.242 e. The largest absolute Gasteiger partial charge is 0.354 e. The van der Waals surface area contributed by atoms with Crippen molar-refractivity contribution in [2.75, 3.05) is 6.54 Å². The van der Waals surface area contributed by atoms with Gasteiger partial charge >= 0.3 is 0 Å². The quantitative estimate of drug-likeness (QED) is 0.594. The zero-order valence-electron chi connectivity index (χ0n) is 16.2. The second-order valence-electron chi connectivity index (χ2n) is 7.54. The topological polar surface area (TPSA) is 74.0 Å². The van der Waals surface area contributed by atoms with Crippen LogP contribution in [0, 0.1) is 17.5 Å². The van der Waals surface area contributed by atoms with Crippen LogP contribution in [0.4, 0.5) is 13.2 Å². The van der Waals surface area contributed by atoms with Crippen molar-refractivity contribution in [3.63, 3.8) is 0 Å². The van der Waals surface area contributed by atoms with Crippen LogP contribution in [0.3, 0.4) is 0 Å². The van der Waals surface area contributed by atoms with E-state index in [0.29, 0.717) is 35.2 Å². The molecule has 30 heavy (non-hydrogen) atoms. The Bertz CT molecular complexity index is 1120. The average Bonchev–Trinajstić information content (AvgIpc) is 3.26. The lowest BCUT2D eigenvalue weighted by molar-refractivity contribution is -0.127. The first-order chi connectivity index (χ1) is 14.3. The van der Waals surface area contributed by atoms with Crippen LogP contribution in [0.15, 0.2) is 36.4 Å². The van der Waals surface area contributed by atoms with Crippen LogP contribution in [-0.2, 0) is 9.59 Å². The van der Waals surface area contributed by atoms with Gasteiger partial charge in [-0.1, -0.05) is 6.92 Å². The second kappa shape index (κ2) is 7.85. The van der Waals surface area contributed by atoms with Gasteiger partial charge in [0.25, 0.3) is 0 Å². The number of nitrogens with one attached hydrogen (secondary N) is 3. The molecule has 0 spiro atoms. The Morgan fingerprint density at radius 2 is 1.90 bits per heavy atom. The Morgan fingerprint density at radius 1 is 1.17 bits per heavy atom. The first-order valence-electron chi connectivity index (χ1n) is 9.67. The molecule has 2 aromatic carbocycles. The maximum atomic E-state index is 14.4. The summed E-state index contributed by atoms with van der Waals surface area (Å²) in [5.74, 6) is -2.88. The number of benzene rings is 2. The van der Waals surface area contributed by atoms with Crippen LogP contribution in [0.1, 0.15) is 31.2 Å². The van der Waals surface area contributed by atoms with Crippen LogP contribution in [-0.4, -0.2) is 29.4 Å². The number of amides is 2. The van der Waals surface area contributed by atoms with Crippen LogP contribution < -0.4 is 10.6 Å². The number of aromatic amines is 1. The van der Waals surface area contributed by atoms with Crippen molar-refractivity contribution in [3.05, 3.63) is 59.4 Å². The Morgan fingerprint density at radius 3 is 2.57 bits per heavy atom. The molecule has 1 aliphatic rings. The molecule has 4 rings (SSSR count). The molecular weight excluding hydrogens is 395 g/mol. The summed E-state index contributed by atoms with van der Waals surface area (Å²) in [6.45, 7) is 2.28. The molecule has 1 saturated heterocycles. The summed E-state index contributed by atoms with van der Waals surface area (Å²) < 4.78 is 41.7. The standard InChI is InChI=1S/C22H20F3N3O2/c1-11(8-18(29)27-17-6-7-26-22(17)30)19-15-9-14(24)10-16(25)21(15)28-20(19)12-2-4-13(23)5-3-12/h2-5,9-11,17,28H,6-8H2,1H3,(H,26,30)(H,27,29)/t11?,17-/m0/s1. The van der Waals surface area contributed by atoms with E-state index in [0.717, 1.165) is 6.07 Å². The molecule has 1 unspecified atom stereocenters. The number of fused-ring (bicyclic) bond motifs is 1. The summed E-state index contributed by atoms with van der Waals surface area (Å²) in [4.78, 5) is 27.2. The van der Waals surface area contributed by atoms with Crippen LogP contribution in [0.2, 0.25) is 0 Å². The predicted molar refractivity (Wildman–Crippen MR) is 106 cm³/mol. The molecule has 1 aliphatic heterocycles. The number of hydrogen-bond donors (Lipinski definition) is 3. The molecule has 0 aliphatic carbocycles. The molecule has 2 heterocycles. The summed E-state index contributed by atoms with van der Waals surface area (Å²) in [5, 5.41) is 5.68. The number of rotatable bonds is 5. The molecule has 0 radical (unpaired) electrons. The van der Waals surface area contributed by atoms with E-state index >= 15 is 0 Å². The molecule has 0 saturated carbocycles. The van der Waals surface area contributed by atoms with Crippen molar-refractivity contribution >= 4 is 22.7 Å². The highest BCUT2D eigenvalue weighted by atomic mass is 19.1. The Kier molecular flexibility index (Phi) is 5.24. The normalized spacial score (nSPS) is 17.2. The van der Waals surface area contributed by atoms with E-state index in [1.54, 1.807) is 6.92 Å². The van der Waals surface area contributed by atoms with Gasteiger partial charge in [-0.25, -0.2) is 13.2 Å². The van der Waals surface area contributed by atoms with Crippen molar-refractivity contribution in [3.8, 4) is 11.3 Å². The highest BCUT2D eigenvalue weighted by Crippen LogP contribution is 2.38. The average molecular weight is 415 g/mol. The minimum absolute atomic E-state index is 0.0169. The van der Waals surface area contributed by atoms with Crippen LogP contribution in [0.5, 0.6) is 0 Å². The van der Waals surface area contributed by atoms with Gasteiger partial charge in [-0.3, -0.25) is 9.59 Å². The number of halogens is 3. The van der Waals surface area contributed by atoms with E-state index < -0.39 is 29.4 Å². The Hall–Kier alpha value is -3.29. The van der Waals surface area contributed by atoms with E-state index in [-0.39, 0.29) is 23.8 Å². The smallest absolute Gasteiger partial charge is 0.242 e. The summed E-state index contributed by atoms with van der Waals surface area (Å²) in [6.07, 6.45) is 0.534. The van der Waals surface area contributed by atoms with Gasteiger partial charge in [-0.15, -0.1) is 0 Å². The van der Waals surface area contributed by atoms with Gasteiger partial charge in [0, 0.05) is 24.4 Å². The molecule has 2 atom stereocenters. The van der Waals surface area contributed by atoms with Gasteiger partial charge in [0.05, 0.1) is 11.2 Å². The first-order valence-corrected chi connectivity index (χ1v) is 9.67. The second-order valence-corrected chi connectivity index (χ2v) is 7.54. The summed E-state index contributed by atoms with van der Waals surface area (Å²) in [5.41, 5.74) is 1.76. The van der Waals surface area contributed by atoms with E-state index in [9.17, 15) is 22.8 Å². The number of carbonyl (C=O) groups excluding carboxylic acids is 2. The molecule has 1 fully saturated rings. The lowest BCUT2D eigenvalue weighted by atomic mass is 9.91. The van der Waals surface area contributed by atoms with Crippen LogP contribution >= 0.6 is 0 Å². The number of aromatic nitrogens is 1. The Labute approximate surface area is 170 Å². The van der Waals surface area contributed by atoms with Gasteiger partial charge in [-0.05, 0) is 53.8 Å². The van der Waals surface area contributed by atoms with E-state index in [4.69, 9.17) is 0 Å². The fourth-order valence-corrected chi connectivity index (χ4v) is 3.96. The van der Waals surface area contributed by atoms with Crippen molar-refractivity contribution in [1.82, 2.24) is 15.6 Å². The highest BCUT2D eigenvalue weighted by molar-refractivity contribution is 5.93. The van der Waals surface area contributed by atoms with Gasteiger partial charge in [0.2, 0.25) is 11.8 Å². The highest BCUT2D eigenvalue weighted by Gasteiger charge is 2.28. The van der Waals surface area contributed by atoms with Gasteiger partial charge in [0.15, 0.2) is 0 Å². The van der Waals surface area contributed by atoms with E-state index in [2.05, 4.69) is 15.6 Å². The predicted octanol–water partition coefficient (Wildman–Crippen LogP) is 3.75. The van der Waals surface area contributed by atoms with Gasteiger partial charge < -0.3 is 15.6 Å². The molecular formula is C22H20F3N3O2. The lowest BCUT2D eigenvalue weighted by Crippen LogP contribution is -2.40. The summed E-state index contributed by atoms with van der Waals surface area (Å²) in [6, 6.07) is 7.05. The third kappa shape index (κ3) is 3.77. The summed E-state index contributed by atoms with van der Waals surface area (Å²) >= 11 is 0. The number of hydrogen-bond acceptors (Lipinski definition) is 2. The fraction of sp³-hybridized carbons (Fsp3) is 0.273. The molecule has 2 amide bonds. The Balaban J connectivity index is 1.72. The van der Waals surface area contributed by atoms with Gasteiger partial charge in [0.1, 0.15) is 23.5 Å². The minimum Gasteiger partial charge on any atom is -0.354 e. The maximum absolute atomic E-state index is 14.4. The molecule has 5 nitrogen and oxygen atoms in total. The minimum atomic E-state index is -0.751. The number of carbonyl (C=O) groups is 2. The van der Waals surface area contributed by atoms with Crippen LogP contribution in [0.25, 0.3) is 22.2 Å². The lowest BCUT2D eigenvalue weighted by Gasteiger charge is -2.16. The first kappa shape index (κ1) is 20.0. The molecule has 1 aromatic heterocycles. The third-order valence-electron chi connectivity index (χ3n) is 5.37. The van der Waals surface area contributed by atoms with Gasteiger partial charge in [-0.2, -0.15) is 0 Å². The third-order valence-corrected chi connectivity index (χ3v) is 5.37. The molecule has 3 aromatic rings. The summed E-state index contributed by atoms with van der Waals surface area (Å²) in [7, 11) is 0. The van der Waals surface area contributed by atoms with Crippen molar-refractivity contribution in [1.29, 1.82) is 0 Å². The fourth-order valence-electron chi connectivity index (χ4n) is 3.96.